The summed E-state index contributed by atoms with van der Waals surface area (Å²) in [5.74, 6) is 0.688. The molecule has 4 rings (SSSR count). The molecule has 0 bridgehead atoms. The van der Waals surface area contributed by atoms with E-state index in [2.05, 4.69) is 29.6 Å². The van der Waals surface area contributed by atoms with Crippen molar-refractivity contribution in [2.75, 3.05) is 25.0 Å². The number of nitrogens with zero attached hydrogens (tertiary/aromatic N) is 1. The van der Waals surface area contributed by atoms with Gasteiger partial charge in [0, 0.05) is 18.8 Å². The van der Waals surface area contributed by atoms with Gasteiger partial charge in [-0.25, -0.2) is 4.79 Å². The largest absolute Gasteiger partial charge is 0.467 e. The fraction of sp³-hybridized carbons (Fsp3) is 0.308. The maximum absolute atomic E-state index is 12.6. The summed E-state index contributed by atoms with van der Waals surface area (Å²) in [7, 11) is 0. The molecule has 3 aromatic rings. The lowest BCUT2D eigenvalue weighted by atomic mass is 9.90. The van der Waals surface area contributed by atoms with Gasteiger partial charge in [-0.05, 0) is 55.0 Å². The van der Waals surface area contributed by atoms with Crippen LogP contribution in [0.15, 0.2) is 77.4 Å². The smallest absolute Gasteiger partial charge is 0.340 e. The summed E-state index contributed by atoms with van der Waals surface area (Å²) in [5.41, 5.74) is 2.38. The van der Waals surface area contributed by atoms with E-state index in [1.54, 1.807) is 29.4 Å². The number of likely N-dealkylation sites (tertiary alicyclic amines) is 1. The number of para-hydroxylation sites is 1. The Morgan fingerprint density at radius 2 is 1.72 bits per heavy atom. The predicted octanol–water partition coefficient (Wildman–Crippen LogP) is 4.53. The van der Waals surface area contributed by atoms with E-state index >= 15 is 0 Å². The van der Waals surface area contributed by atoms with Crippen LogP contribution in [0.1, 0.15) is 34.5 Å². The van der Waals surface area contributed by atoms with Crippen molar-refractivity contribution in [1.29, 1.82) is 0 Å². The number of piperidine rings is 1. The maximum atomic E-state index is 12.6. The van der Waals surface area contributed by atoms with E-state index in [1.807, 2.05) is 24.3 Å². The number of hydrogen-bond acceptors (Lipinski definition) is 5. The number of rotatable bonds is 8. The molecule has 1 N–H and O–H groups in total. The van der Waals surface area contributed by atoms with Gasteiger partial charge in [0.15, 0.2) is 6.61 Å². The number of hydrogen-bond donors (Lipinski definition) is 1. The van der Waals surface area contributed by atoms with Crippen molar-refractivity contribution in [3.8, 4) is 0 Å². The zero-order valence-corrected chi connectivity index (χ0v) is 18.0. The Labute approximate surface area is 188 Å². The minimum atomic E-state index is -0.514. The van der Waals surface area contributed by atoms with Gasteiger partial charge < -0.3 is 19.4 Å². The van der Waals surface area contributed by atoms with E-state index in [0.29, 0.717) is 36.8 Å². The third-order valence-electron chi connectivity index (χ3n) is 5.84. The van der Waals surface area contributed by atoms with Crippen molar-refractivity contribution in [2.24, 2.45) is 5.92 Å². The predicted molar refractivity (Wildman–Crippen MR) is 122 cm³/mol. The SMILES string of the molecule is O=C(OCC(=O)N1CCC(Cc2ccccc2)CC1)c1ccccc1NCc1ccco1. The highest BCUT2D eigenvalue weighted by molar-refractivity contribution is 5.96. The molecule has 166 valence electrons. The summed E-state index contributed by atoms with van der Waals surface area (Å²) in [6.07, 6.45) is 4.58. The lowest BCUT2D eigenvalue weighted by Crippen LogP contribution is -2.41. The summed E-state index contributed by atoms with van der Waals surface area (Å²) < 4.78 is 10.7. The van der Waals surface area contributed by atoms with Gasteiger partial charge in [0.05, 0.1) is 18.4 Å². The highest BCUT2D eigenvalue weighted by atomic mass is 16.5. The van der Waals surface area contributed by atoms with E-state index in [9.17, 15) is 9.59 Å². The molecule has 1 aliphatic rings. The van der Waals surface area contributed by atoms with Gasteiger partial charge in [0.1, 0.15) is 5.76 Å². The van der Waals surface area contributed by atoms with E-state index in [4.69, 9.17) is 9.15 Å². The van der Waals surface area contributed by atoms with Crippen LogP contribution in [0, 0.1) is 5.92 Å². The van der Waals surface area contributed by atoms with Crippen LogP contribution in [0.3, 0.4) is 0 Å². The van der Waals surface area contributed by atoms with Gasteiger partial charge in [0.25, 0.3) is 5.91 Å². The number of anilines is 1. The Bertz CT molecular complexity index is 1010. The topological polar surface area (TPSA) is 71.8 Å². The Hall–Kier alpha value is -3.54. The fourth-order valence-corrected chi connectivity index (χ4v) is 4.04. The van der Waals surface area contributed by atoms with Crippen LogP contribution in [0.2, 0.25) is 0 Å². The van der Waals surface area contributed by atoms with E-state index in [0.717, 1.165) is 25.0 Å². The summed E-state index contributed by atoms with van der Waals surface area (Å²) in [6, 6.07) is 21.2. The van der Waals surface area contributed by atoms with Gasteiger partial charge in [-0.3, -0.25) is 4.79 Å². The van der Waals surface area contributed by atoms with Crippen molar-refractivity contribution in [3.63, 3.8) is 0 Å². The third kappa shape index (κ3) is 5.78. The molecule has 6 heteroatoms. The van der Waals surface area contributed by atoms with Gasteiger partial charge in [-0.15, -0.1) is 0 Å². The molecule has 1 saturated heterocycles. The quantitative estimate of drug-likeness (QED) is 0.530. The van der Waals surface area contributed by atoms with Crippen molar-refractivity contribution < 1.29 is 18.7 Å². The molecule has 0 unspecified atom stereocenters. The van der Waals surface area contributed by atoms with Crippen LogP contribution >= 0.6 is 0 Å². The van der Waals surface area contributed by atoms with Gasteiger partial charge in [0.2, 0.25) is 0 Å². The van der Waals surface area contributed by atoms with Crippen LogP contribution in [-0.2, 0) is 22.5 Å². The third-order valence-corrected chi connectivity index (χ3v) is 5.84. The second-order valence-electron chi connectivity index (χ2n) is 8.07. The van der Waals surface area contributed by atoms with E-state index in [1.165, 1.54) is 5.56 Å². The molecule has 0 aliphatic carbocycles. The van der Waals surface area contributed by atoms with Gasteiger partial charge in [-0.2, -0.15) is 0 Å². The first-order valence-electron chi connectivity index (χ1n) is 11.0. The van der Waals surface area contributed by atoms with Gasteiger partial charge >= 0.3 is 5.97 Å². The Morgan fingerprint density at radius 3 is 2.47 bits per heavy atom. The van der Waals surface area contributed by atoms with Gasteiger partial charge in [-0.1, -0.05) is 42.5 Å². The molecule has 0 atom stereocenters. The standard InChI is InChI=1S/C26H28N2O4/c29-25(28-14-12-21(13-15-28)17-20-7-2-1-3-8-20)19-32-26(30)23-10-4-5-11-24(23)27-18-22-9-6-16-31-22/h1-11,16,21,27H,12-15,17-19H2. The minimum absolute atomic E-state index is 0.141. The maximum Gasteiger partial charge on any atom is 0.340 e. The number of amides is 1. The lowest BCUT2D eigenvalue weighted by Gasteiger charge is -2.32. The van der Waals surface area contributed by atoms with Crippen molar-refractivity contribution in [2.45, 2.75) is 25.8 Å². The number of ether oxygens (including phenoxy) is 1. The first kappa shape index (κ1) is 21.7. The number of esters is 1. The summed E-state index contributed by atoms with van der Waals surface area (Å²) in [6.45, 7) is 1.62. The molecule has 32 heavy (non-hydrogen) atoms. The molecule has 1 amide bonds. The first-order valence-corrected chi connectivity index (χ1v) is 11.0. The van der Waals surface area contributed by atoms with E-state index in [-0.39, 0.29) is 12.5 Å². The fourth-order valence-electron chi connectivity index (χ4n) is 4.04. The van der Waals surface area contributed by atoms with E-state index < -0.39 is 5.97 Å². The first-order chi connectivity index (χ1) is 15.7. The highest BCUT2D eigenvalue weighted by Crippen LogP contribution is 2.22. The van der Waals surface area contributed by atoms with Crippen LogP contribution < -0.4 is 5.32 Å². The van der Waals surface area contributed by atoms with Crippen molar-refractivity contribution in [1.82, 2.24) is 4.90 Å². The van der Waals surface area contributed by atoms with Crippen LogP contribution in [-0.4, -0.2) is 36.5 Å². The zero-order valence-electron chi connectivity index (χ0n) is 18.0. The molecule has 1 aromatic heterocycles. The molecule has 0 radical (unpaired) electrons. The molecule has 0 spiro atoms. The second kappa shape index (κ2) is 10.7. The minimum Gasteiger partial charge on any atom is -0.467 e. The molecule has 1 aliphatic heterocycles. The number of carbonyl (C=O) groups excluding carboxylic acids is 2. The average molecular weight is 433 g/mol. The number of nitrogens with one attached hydrogen (secondary N) is 1. The van der Waals surface area contributed by atoms with Crippen LogP contribution in [0.5, 0.6) is 0 Å². The summed E-state index contributed by atoms with van der Waals surface area (Å²) in [4.78, 5) is 27.0. The zero-order chi connectivity index (χ0) is 22.2. The van der Waals surface area contributed by atoms with Crippen molar-refractivity contribution in [3.05, 3.63) is 89.9 Å². The number of carbonyl (C=O) groups is 2. The highest BCUT2D eigenvalue weighted by Gasteiger charge is 2.24. The summed E-state index contributed by atoms with van der Waals surface area (Å²) >= 11 is 0. The van der Waals surface area contributed by atoms with Crippen LogP contribution in [0.4, 0.5) is 5.69 Å². The molecule has 1 fully saturated rings. The van der Waals surface area contributed by atoms with Crippen LogP contribution in [0.25, 0.3) is 0 Å². The molecule has 2 heterocycles. The molecule has 0 saturated carbocycles. The molecule has 6 nitrogen and oxygen atoms in total. The second-order valence-corrected chi connectivity index (χ2v) is 8.07. The average Bonchev–Trinajstić information content (AvgIpc) is 3.36. The number of furan rings is 1. The summed E-state index contributed by atoms with van der Waals surface area (Å²) in [5, 5.41) is 3.18. The molecular formula is C26H28N2O4. The Kier molecular flexibility index (Phi) is 7.23. The molecule has 2 aromatic carbocycles. The molecular weight excluding hydrogens is 404 g/mol. The Morgan fingerprint density at radius 1 is 0.969 bits per heavy atom. The monoisotopic (exact) mass is 432 g/mol. The number of benzene rings is 2. The Balaban J connectivity index is 1.24. The lowest BCUT2D eigenvalue weighted by molar-refractivity contribution is -0.135. The normalized spacial score (nSPS) is 14.2. The van der Waals surface area contributed by atoms with Crippen molar-refractivity contribution >= 4 is 17.6 Å².